The lowest BCUT2D eigenvalue weighted by Crippen LogP contribution is -2.45. The molecule has 4 heterocycles. The quantitative estimate of drug-likeness (QED) is 0.156. The van der Waals surface area contributed by atoms with Crippen LogP contribution >= 0.6 is 23.5 Å². The summed E-state index contributed by atoms with van der Waals surface area (Å²) in [6.45, 7) is 11.2. The van der Waals surface area contributed by atoms with Gasteiger partial charge in [-0.3, -0.25) is 14.5 Å². The van der Waals surface area contributed by atoms with E-state index in [-0.39, 0.29) is 48.2 Å². The molecule has 16 heteroatoms. The van der Waals surface area contributed by atoms with E-state index < -0.39 is 29.3 Å². The maximum atomic E-state index is 13.2. The van der Waals surface area contributed by atoms with Crippen LogP contribution in [0.3, 0.4) is 0 Å². The van der Waals surface area contributed by atoms with Crippen LogP contribution < -0.4 is 20.1 Å². The van der Waals surface area contributed by atoms with Gasteiger partial charge in [0.05, 0.1) is 11.0 Å². The highest BCUT2D eigenvalue weighted by molar-refractivity contribution is 7.97. The average molecular weight is 754 g/mol. The molecule has 11 nitrogen and oxygen atoms in total. The Kier molecular flexibility index (Phi) is 11.7. The number of hydrazine groups is 1. The molecule has 0 spiro atoms. The van der Waals surface area contributed by atoms with E-state index in [2.05, 4.69) is 33.9 Å². The van der Waals surface area contributed by atoms with E-state index in [1.54, 1.807) is 30.5 Å². The molecule has 5 rings (SSSR count). The van der Waals surface area contributed by atoms with Crippen LogP contribution in [0, 0.1) is 11.3 Å². The summed E-state index contributed by atoms with van der Waals surface area (Å²) in [5, 5.41) is 2.11. The van der Waals surface area contributed by atoms with E-state index in [1.807, 2.05) is 44.9 Å². The topological polar surface area (TPSA) is 112 Å². The van der Waals surface area contributed by atoms with E-state index in [0.29, 0.717) is 23.3 Å². The van der Waals surface area contributed by atoms with Gasteiger partial charge in [0.2, 0.25) is 0 Å². The number of rotatable bonds is 13. The number of hydrogen-bond donors (Lipinski definition) is 2. The number of ether oxygens (including phenoxy) is 2. The predicted molar refractivity (Wildman–Crippen MR) is 191 cm³/mol. The number of carbonyl (C=O) groups excluding carboxylic acids is 2. The second-order valence-electron chi connectivity index (χ2n) is 15.1. The standard InChI is InChI=1S/C35H47ClF3N7O4S/c1-32(2,3)50-31(48)45-22-23(21-33(45,4)5)9-8-18-44(6)25-10-7-11-28(40-25)51-43-30(47)24-12-13-26(41-29(24)36)46-19-14-27(42-46)49-20-17-34(15-16-34)35(37,38)39/h7,10-14,19,23,27,42H,8-9,15-18,20-22H2,1-6H3,(H,43,47). The predicted octanol–water partition coefficient (Wildman–Crippen LogP) is 7.73. The van der Waals surface area contributed by atoms with Crippen LogP contribution in [0.5, 0.6) is 0 Å². The molecule has 280 valence electrons. The van der Waals surface area contributed by atoms with Crippen molar-refractivity contribution in [2.75, 3.05) is 36.7 Å². The third-order valence-electron chi connectivity index (χ3n) is 9.36. The Morgan fingerprint density at radius 1 is 1.16 bits per heavy atom. The number of alkyl halides is 3. The number of aromatic nitrogens is 2. The number of nitrogens with zero attached hydrogens (tertiary/aromatic N) is 5. The van der Waals surface area contributed by atoms with Gasteiger partial charge in [0.15, 0.2) is 0 Å². The molecule has 1 saturated carbocycles. The van der Waals surface area contributed by atoms with Gasteiger partial charge in [-0.25, -0.2) is 14.8 Å². The van der Waals surface area contributed by atoms with Crippen LogP contribution in [0.15, 0.2) is 47.6 Å². The molecule has 2 fully saturated rings. The molecule has 1 saturated heterocycles. The van der Waals surface area contributed by atoms with Crippen LogP contribution in [0.4, 0.5) is 29.6 Å². The smallest absolute Gasteiger partial charge is 0.410 e. The van der Waals surface area contributed by atoms with E-state index in [4.69, 9.17) is 26.1 Å². The van der Waals surface area contributed by atoms with E-state index in [1.165, 1.54) is 5.01 Å². The molecule has 0 radical (unpaired) electrons. The maximum Gasteiger partial charge on any atom is 0.410 e. The Bertz CT molecular complexity index is 1600. The number of hydrogen-bond acceptors (Lipinski definition) is 10. The van der Waals surface area contributed by atoms with Gasteiger partial charge in [0, 0.05) is 50.4 Å². The Balaban J connectivity index is 1.05. The number of nitrogens with one attached hydrogen (secondary N) is 2. The molecule has 51 heavy (non-hydrogen) atoms. The summed E-state index contributed by atoms with van der Waals surface area (Å²) in [7, 11) is 1.98. The molecule has 2 amide bonds. The first-order valence-electron chi connectivity index (χ1n) is 17.1. The van der Waals surface area contributed by atoms with Crippen LogP contribution in [0.25, 0.3) is 0 Å². The van der Waals surface area contributed by atoms with Gasteiger partial charge in [-0.1, -0.05) is 17.7 Å². The van der Waals surface area contributed by atoms with Crippen molar-refractivity contribution in [3.05, 3.63) is 53.3 Å². The summed E-state index contributed by atoms with van der Waals surface area (Å²) >= 11 is 7.45. The van der Waals surface area contributed by atoms with E-state index >= 15 is 0 Å². The van der Waals surface area contributed by atoms with Crippen molar-refractivity contribution in [2.45, 2.75) is 102 Å². The lowest BCUT2D eigenvalue weighted by molar-refractivity contribution is -0.192. The first kappa shape index (κ1) is 38.9. The Hall–Kier alpha value is -3.27. The minimum Gasteiger partial charge on any atom is -0.444 e. The molecule has 0 aromatic carbocycles. The van der Waals surface area contributed by atoms with Gasteiger partial charge in [-0.2, -0.15) is 18.6 Å². The van der Waals surface area contributed by atoms with Gasteiger partial charge in [-0.15, -0.1) is 0 Å². The van der Waals surface area contributed by atoms with Crippen molar-refractivity contribution in [3.63, 3.8) is 0 Å². The summed E-state index contributed by atoms with van der Waals surface area (Å²) < 4.78 is 53.5. The second-order valence-corrected chi connectivity index (χ2v) is 16.3. The minimum absolute atomic E-state index is 0.0210. The zero-order valence-electron chi connectivity index (χ0n) is 29.8. The molecular weight excluding hydrogens is 707 g/mol. The Morgan fingerprint density at radius 3 is 2.57 bits per heavy atom. The highest BCUT2D eigenvalue weighted by atomic mass is 35.5. The lowest BCUT2D eigenvalue weighted by atomic mass is 9.93. The highest BCUT2D eigenvalue weighted by Gasteiger charge is 2.62. The van der Waals surface area contributed by atoms with Gasteiger partial charge < -0.3 is 19.3 Å². The van der Waals surface area contributed by atoms with Gasteiger partial charge in [0.25, 0.3) is 5.91 Å². The zero-order chi connectivity index (χ0) is 37.2. The lowest BCUT2D eigenvalue weighted by Gasteiger charge is -2.33. The average Bonchev–Trinajstić information content (AvgIpc) is 3.59. The summed E-state index contributed by atoms with van der Waals surface area (Å²) in [5.74, 6) is 1.08. The molecular formula is C35H47ClF3N7O4S. The third kappa shape index (κ3) is 9.99. The van der Waals surface area contributed by atoms with Crippen molar-refractivity contribution >= 4 is 47.2 Å². The molecule has 2 N–H and O–H groups in total. The van der Waals surface area contributed by atoms with Gasteiger partial charge in [0.1, 0.15) is 33.6 Å². The molecule has 2 aromatic rings. The van der Waals surface area contributed by atoms with Crippen LogP contribution in [0.2, 0.25) is 5.15 Å². The van der Waals surface area contributed by atoms with Crippen molar-refractivity contribution in [3.8, 4) is 0 Å². The third-order valence-corrected chi connectivity index (χ3v) is 10.4. The fraction of sp³-hybridized carbons (Fsp3) is 0.600. The SMILES string of the molecule is CN(CCCC1CN(C(=O)OC(C)(C)C)C(C)(C)C1)c1cccc(SNC(=O)c2ccc(N3C=CC(OCCC4(C(F)(F)F)CC4)N3)nc2Cl)n1. The fourth-order valence-corrected chi connectivity index (χ4v) is 7.16. The molecule has 1 aliphatic carbocycles. The van der Waals surface area contributed by atoms with Crippen LogP contribution in [0.1, 0.15) is 83.5 Å². The summed E-state index contributed by atoms with van der Waals surface area (Å²) in [6.07, 6.45) is 1.22. The van der Waals surface area contributed by atoms with Gasteiger partial charge in [-0.05, 0) is 109 Å². The summed E-state index contributed by atoms with van der Waals surface area (Å²) in [4.78, 5) is 38.7. The number of carbonyl (C=O) groups is 2. The van der Waals surface area contributed by atoms with E-state index in [0.717, 1.165) is 43.6 Å². The van der Waals surface area contributed by atoms with Crippen molar-refractivity contribution in [1.82, 2.24) is 25.0 Å². The number of pyridine rings is 2. The van der Waals surface area contributed by atoms with Crippen molar-refractivity contribution < 1.29 is 32.2 Å². The minimum atomic E-state index is -4.21. The van der Waals surface area contributed by atoms with Crippen molar-refractivity contribution in [1.29, 1.82) is 0 Å². The first-order chi connectivity index (χ1) is 23.9. The molecule has 2 aliphatic heterocycles. The Morgan fingerprint density at radius 2 is 1.90 bits per heavy atom. The van der Waals surface area contributed by atoms with E-state index in [9.17, 15) is 22.8 Å². The molecule has 2 atom stereocenters. The fourth-order valence-electron chi connectivity index (χ4n) is 6.34. The molecule has 3 aliphatic rings. The normalized spacial score (nSPS) is 20.8. The van der Waals surface area contributed by atoms with Gasteiger partial charge >= 0.3 is 12.3 Å². The van der Waals surface area contributed by atoms with Crippen molar-refractivity contribution in [2.24, 2.45) is 11.3 Å². The zero-order valence-corrected chi connectivity index (χ0v) is 31.4. The molecule has 2 aromatic heterocycles. The number of amides is 2. The number of likely N-dealkylation sites (tertiary alicyclic amines) is 1. The van der Waals surface area contributed by atoms with Crippen LogP contribution in [-0.2, 0) is 9.47 Å². The number of anilines is 2. The summed E-state index contributed by atoms with van der Waals surface area (Å²) in [6, 6.07) is 8.73. The largest absolute Gasteiger partial charge is 0.444 e. The highest BCUT2D eigenvalue weighted by Crippen LogP contribution is 2.59. The summed E-state index contributed by atoms with van der Waals surface area (Å²) in [5.41, 5.74) is 0.756. The Labute approximate surface area is 306 Å². The van der Waals surface area contributed by atoms with Crippen LogP contribution in [-0.4, -0.2) is 77.2 Å². The first-order valence-corrected chi connectivity index (χ1v) is 18.3. The molecule has 0 bridgehead atoms. The second kappa shape index (κ2) is 15.4. The maximum absolute atomic E-state index is 13.2. The number of halogens is 4. The monoisotopic (exact) mass is 753 g/mol. The molecule has 2 unspecified atom stereocenters.